The molecule has 0 atom stereocenters. The summed E-state index contributed by atoms with van der Waals surface area (Å²) in [5.41, 5.74) is 0. The molecule has 0 spiro atoms. The zero-order valence-electron chi connectivity index (χ0n) is 15.0. The molecule has 28 heavy (non-hydrogen) atoms. The van der Waals surface area contributed by atoms with Crippen LogP contribution in [0.15, 0.2) is 24.3 Å². The van der Waals surface area contributed by atoms with Crippen LogP contribution in [0.25, 0.3) is 0 Å². The standard InChI is InChI=1S/C17H20N2O9/c20-13-1-2-14(21)18(13)6-8-26-10-12-27-11-9-25-7-5-17(24)28-19-15(22)3-4-16(19)23/h1-4H,5-12H2. The van der Waals surface area contributed by atoms with Crippen molar-refractivity contribution in [3.05, 3.63) is 24.3 Å². The Balaban J connectivity index is 1.37. The Morgan fingerprint density at radius 1 is 0.679 bits per heavy atom. The first kappa shape index (κ1) is 21.4. The molecule has 152 valence electrons. The number of hydrogen-bond donors (Lipinski definition) is 0. The molecule has 0 saturated heterocycles. The molecule has 0 aromatic carbocycles. The number of hydrogen-bond acceptors (Lipinski definition) is 9. The van der Waals surface area contributed by atoms with Gasteiger partial charge in [0.05, 0.1) is 52.6 Å². The molecule has 0 saturated carbocycles. The van der Waals surface area contributed by atoms with Crippen molar-refractivity contribution in [1.82, 2.24) is 9.96 Å². The molecule has 0 aromatic heterocycles. The molecule has 2 aliphatic rings. The van der Waals surface area contributed by atoms with E-state index in [-0.39, 0.29) is 51.2 Å². The van der Waals surface area contributed by atoms with Gasteiger partial charge in [0.1, 0.15) is 0 Å². The van der Waals surface area contributed by atoms with E-state index in [0.29, 0.717) is 18.3 Å². The quantitative estimate of drug-likeness (QED) is 0.276. The number of amides is 4. The summed E-state index contributed by atoms with van der Waals surface area (Å²) in [6.45, 7) is 1.57. The lowest BCUT2D eigenvalue weighted by atomic mass is 10.5. The van der Waals surface area contributed by atoms with Gasteiger partial charge in [-0.15, -0.1) is 0 Å². The molecule has 11 heteroatoms. The van der Waals surface area contributed by atoms with Crippen molar-refractivity contribution in [2.45, 2.75) is 6.42 Å². The first-order chi connectivity index (χ1) is 13.5. The molecule has 0 N–H and O–H groups in total. The predicted octanol–water partition coefficient (Wildman–Crippen LogP) is -1.27. The second-order valence-corrected chi connectivity index (χ2v) is 5.52. The van der Waals surface area contributed by atoms with Gasteiger partial charge in [-0.1, -0.05) is 5.06 Å². The molecule has 2 aliphatic heterocycles. The molecule has 0 aromatic rings. The molecule has 0 bridgehead atoms. The lowest BCUT2D eigenvalue weighted by Crippen LogP contribution is -2.33. The summed E-state index contributed by atoms with van der Waals surface area (Å²) in [6, 6.07) is 0. The smallest absolute Gasteiger partial charge is 0.335 e. The molecule has 0 unspecified atom stereocenters. The summed E-state index contributed by atoms with van der Waals surface area (Å²) in [7, 11) is 0. The van der Waals surface area contributed by atoms with Crippen LogP contribution in [0, 0.1) is 0 Å². The van der Waals surface area contributed by atoms with E-state index in [0.717, 1.165) is 17.1 Å². The summed E-state index contributed by atoms with van der Waals surface area (Å²) < 4.78 is 15.7. The number of ether oxygens (including phenoxy) is 3. The molecule has 2 heterocycles. The highest BCUT2D eigenvalue weighted by atomic mass is 16.7. The van der Waals surface area contributed by atoms with E-state index in [1.165, 1.54) is 12.2 Å². The van der Waals surface area contributed by atoms with Crippen LogP contribution in [0.2, 0.25) is 0 Å². The first-order valence-electron chi connectivity index (χ1n) is 8.52. The Morgan fingerprint density at radius 2 is 1.14 bits per heavy atom. The molecule has 4 amide bonds. The van der Waals surface area contributed by atoms with E-state index in [2.05, 4.69) is 4.84 Å². The lowest BCUT2D eigenvalue weighted by molar-refractivity contribution is -0.196. The second-order valence-electron chi connectivity index (χ2n) is 5.52. The van der Waals surface area contributed by atoms with Crippen molar-refractivity contribution < 1.29 is 43.0 Å². The van der Waals surface area contributed by atoms with Crippen LogP contribution in [-0.2, 0) is 43.0 Å². The van der Waals surface area contributed by atoms with Crippen LogP contribution >= 0.6 is 0 Å². The molecule has 0 aliphatic carbocycles. The summed E-state index contributed by atoms with van der Waals surface area (Å²) in [6.07, 6.45) is 4.33. The Kier molecular flexibility index (Phi) is 8.46. The van der Waals surface area contributed by atoms with Crippen molar-refractivity contribution in [2.24, 2.45) is 0 Å². The van der Waals surface area contributed by atoms with Gasteiger partial charge < -0.3 is 19.0 Å². The number of carbonyl (C=O) groups excluding carboxylic acids is 5. The van der Waals surface area contributed by atoms with Crippen LogP contribution in [0.1, 0.15) is 6.42 Å². The minimum absolute atomic E-state index is 0.0499. The van der Waals surface area contributed by atoms with Gasteiger partial charge in [0.15, 0.2) is 0 Å². The molecule has 0 radical (unpaired) electrons. The molecular formula is C17H20N2O9. The first-order valence-corrected chi connectivity index (χ1v) is 8.52. The van der Waals surface area contributed by atoms with Gasteiger partial charge in [-0.2, -0.15) is 0 Å². The van der Waals surface area contributed by atoms with Gasteiger partial charge in [0, 0.05) is 24.3 Å². The highest BCUT2D eigenvalue weighted by Crippen LogP contribution is 2.05. The van der Waals surface area contributed by atoms with Gasteiger partial charge in [-0.05, 0) is 0 Å². The topological polar surface area (TPSA) is 129 Å². The van der Waals surface area contributed by atoms with Crippen molar-refractivity contribution in [2.75, 3.05) is 46.2 Å². The zero-order valence-corrected chi connectivity index (χ0v) is 15.0. The predicted molar refractivity (Wildman–Crippen MR) is 90.0 cm³/mol. The minimum Gasteiger partial charge on any atom is -0.378 e. The van der Waals surface area contributed by atoms with Gasteiger partial charge in [-0.3, -0.25) is 24.1 Å². The van der Waals surface area contributed by atoms with Gasteiger partial charge in [0.2, 0.25) is 0 Å². The third-order valence-corrected chi connectivity index (χ3v) is 3.52. The number of rotatable bonds is 13. The Labute approximate surface area is 160 Å². The fraction of sp³-hybridized carbons (Fsp3) is 0.471. The van der Waals surface area contributed by atoms with Crippen molar-refractivity contribution in [1.29, 1.82) is 0 Å². The third-order valence-electron chi connectivity index (χ3n) is 3.52. The van der Waals surface area contributed by atoms with Gasteiger partial charge >= 0.3 is 5.97 Å². The largest absolute Gasteiger partial charge is 0.378 e. The Hall–Kier alpha value is -2.89. The summed E-state index contributed by atoms with van der Waals surface area (Å²) in [4.78, 5) is 62.2. The van der Waals surface area contributed by atoms with Crippen LogP contribution in [-0.4, -0.2) is 85.7 Å². The minimum atomic E-state index is -0.759. The lowest BCUT2D eigenvalue weighted by Gasteiger charge is -2.13. The number of imide groups is 2. The van der Waals surface area contributed by atoms with Crippen LogP contribution < -0.4 is 0 Å². The monoisotopic (exact) mass is 396 g/mol. The summed E-state index contributed by atoms with van der Waals surface area (Å²) in [5.74, 6) is -2.86. The van der Waals surface area contributed by atoms with Crippen LogP contribution in [0.5, 0.6) is 0 Å². The van der Waals surface area contributed by atoms with Crippen molar-refractivity contribution in [3.8, 4) is 0 Å². The van der Waals surface area contributed by atoms with E-state index >= 15 is 0 Å². The maximum Gasteiger partial charge on any atom is 0.335 e. The van der Waals surface area contributed by atoms with Gasteiger partial charge in [0.25, 0.3) is 23.6 Å². The third kappa shape index (κ3) is 6.68. The van der Waals surface area contributed by atoms with Crippen molar-refractivity contribution in [3.63, 3.8) is 0 Å². The molecule has 0 fully saturated rings. The van der Waals surface area contributed by atoms with Crippen LogP contribution in [0.3, 0.4) is 0 Å². The van der Waals surface area contributed by atoms with Gasteiger partial charge in [-0.25, -0.2) is 4.79 Å². The fourth-order valence-electron chi connectivity index (χ4n) is 2.13. The van der Waals surface area contributed by atoms with E-state index in [1.807, 2.05) is 0 Å². The normalized spacial score (nSPS) is 16.0. The van der Waals surface area contributed by atoms with Crippen molar-refractivity contribution >= 4 is 29.6 Å². The Bertz CT molecular complexity index is 650. The number of carbonyl (C=O) groups is 5. The number of nitrogens with zero attached hydrogens (tertiary/aromatic N) is 2. The highest BCUT2D eigenvalue weighted by Gasteiger charge is 2.27. The SMILES string of the molecule is O=C(CCOCCOCCOCCN1C(=O)C=CC1=O)ON1C(=O)C=CC1=O. The van der Waals surface area contributed by atoms with Crippen LogP contribution in [0.4, 0.5) is 0 Å². The fourth-order valence-corrected chi connectivity index (χ4v) is 2.13. The van der Waals surface area contributed by atoms with E-state index < -0.39 is 17.8 Å². The molecule has 2 rings (SSSR count). The van der Waals surface area contributed by atoms with E-state index in [4.69, 9.17) is 14.2 Å². The maximum absolute atomic E-state index is 11.5. The summed E-state index contributed by atoms with van der Waals surface area (Å²) in [5, 5.41) is 0.386. The molecular weight excluding hydrogens is 376 g/mol. The van der Waals surface area contributed by atoms with E-state index in [1.54, 1.807) is 0 Å². The molecule has 11 nitrogen and oxygen atoms in total. The highest BCUT2D eigenvalue weighted by molar-refractivity contribution is 6.13. The Morgan fingerprint density at radius 3 is 1.71 bits per heavy atom. The average molecular weight is 396 g/mol. The average Bonchev–Trinajstić information content (AvgIpc) is 3.15. The maximum atomic E-state index is 11.5. The van der Waals surface area contributed by atoms with E-state index in [9.17, 15) is 24.0 Å². The second kappa shape index (κ2) is 11.1. The summed E-state index contributed by atoms with van der Waals surface area (Å²) >= 11 is 0. The zero-order chi connectivity index (χ0) is 20.4. The number of hydroxylamine groups is 2.